The van der Waals surface area contributed by atoms with Gasteiger partial charge in [0.05, 0.1) is 16.7 Å². The summed E-state index contributed by atoms with van der Waals surface area (Å²) in [5.74, 6) is 0.647. The molecule has 3 N–H and O–H groups in total. The van der Waals surface area contributed by atoms with E-state index in [1.54, 1.807) is 12.3 Å². The topological polar surface area (TPSA) is 108 Å². The molecule has 0 aliphatic rings. The largest absolute Gasteiger partial charge is 0.492 e. The lowest BCUT2D eigenvalue weighted by Gasteiger charge is -2.12. The summed E-state index contributed by atoms with van der Waals surface area (Å²) >= 11 is 0. The second-order valence-electron chi connectivity index (χ2n) is 10.2. The number of aromatic nitrogens is 6. The third-order valence-corrected chi connectivity index (χ3v) is 6.85. The van der Waals surface area contributed by atoms with Crippen LogP contribution in [0.5, 0.6) is 5.75 Å². The SMILES string of the molecule is CCNCc1cncc(-c2ccc3[nH]nc(-c4nc5c(-c6cc(F)cc(OCCN(C)C)c6)nccc5[nH]4)c3c2)c1. The van der Waals surface area contributed by atoms with Gasteiger partial charge in [-0.15, -0.1) is 0 Å². The minimum atomic E-state index is -0.397. The summed E-state index contributed by atoms with van der Waals surface area (Å²) < 4.78 is 20.4. The zero-order chi connectivity index (χ0) is 28.3. The lowest BCUT2D eigenvalue weighted by Crippen LogP contribution is -2.19. The van der Waals surface area contributed by atoms with Crippen molar-refractivity contribution >= 4 is 21.9 Å². The first-order chi connectivity index (χ1) is 20.0. The van der Waals surface area contributed by atoms with Gasteiger partial charge in [-0.1, -0.05) is 13.0 Å². The fourth-order valence-corrected chi connectivity index (χ4v) is 4.77. The van der Waals surface area contributed by atoms with Crippen LogP contribution in [-0.4, -0.2) is 68.8 Å². The lowest BCUT2D eigenvalue weighted by atomic mass is 10.0. The minimum Gasteiger partial charge on any atom is -0.492 e. The van der Waals surface area contributed by atoms with Crippen molar-refractivity contribution in [3.8, 4) is 39.7 Å². The third-order valence-electron chi connectivity index (χ3n) is 6.85. The number of imidazole rings is 1. The summed E-state index contributed by atoms with van der Waals surface area (Å²) in [4.78, 5) is 19.3. The van der Waals surface area contributed by atoms with Crippen LogP contribution in [0.1, 0.15) is 12.5 Å². The maximum Gasteiger partial charge on any atom is 0.159 e. The molecule has 0 amide bonds. The zero-order valence-corrected chi connectivity index (χ0v) is 23.2. The van der Waals surface area contributed by atoms with E-state index in [4.69, 9.17) is 9.72 Å². The molecule has 0 spiro atoms. The van der Waals surface area contributed by atoms with E-state index >= 15 is 0 Å². The molecule has 0 saturated carbocycles. The number of likely N-dealkylation sites (N-methyl/N-ethyl adjacent to an activating group) is 1. The first kappa shape index (κ1) is 26.5. The third kappa shape index (κ3) is 5.65. The fraction of sp³-hybridized carbons (Fsp3) is 0.226. The number of aromatic amines is 2. The van der Waals surface area contributed by atoms with Gasteiger partial charge in [-0.25, -0.2) is 9.37 Å². The zero-order valence-electron chi connectivity index (χ0n) is 23.2. The number of benzene rings is 2. The molecule has 0 fully saturated rings. The Balaban J connectivity index is 1.37. The number of nitrogens with zero attached hydrogens (tertiary/aromatic N) is 5. The molecule has 6 rings (SSSR count). The number of H-pyrrole nitrogens is 2. The second-order valence-corrected chi connectivity index (χ2v) is 10.2. The molecule has 0 radical (unpaired) electrons. The number of hydrogen-bond donors (Lipinski definition) is 3. The van der Waals surface area contributed by atoms with Gasteiger partial charge in [-0.05, 0) is 68.2 Å². The van der Waals surface area contributed by atoms with Crippen LogP contribution in [0.2, 0.25) is 0 Å². The Morgan fingerprint density at radius 2 is 1.85 bits per heavy atom. The number of pyridine rings is 2. The molecule has 9 nitrogen and oxygen atoms in total. The Kier molecular flexibility index (Phi) is 7.41. The molecule has 10 heteroatoms. The Morgan fingerprint density at radius 1 is 0.951 bits per heavy atom. The number of nitrogens with one attached hydrogen (secondary N) is 3. The Labute approximate surface area is 236 Å². The molecular formula is C31H31FN8O. The molecular weight excluding hydrogens is 519 g/mol. The molecule has 0 bridgehead atoms. The molecule has 4 heterocycles. The maximum absolute atomic E-state index is 14.6. The number of fused-ring (bicyclic) bond motifs is 2. The van der Waals surface area contributed by atoms with Crippen LogP contribution in [0.15, 0.2) is 67.1 Å². The number of halogens is 1. The molecule has 4 aromatic heterocycles. The average Bonchev–Trinajstić information content (AvgIpc) is 3.59. The van der Waals surface area contributed by atoms with Crippen LogP contribution in [0.4, 0.5) is 4.39 Å². The average molecular weight is 551 g/mol. The highest BCUT2D eigenvalue weighted by Gasteiger charge is 2.17. The van der Waals surface area contributed by atoms with Crippen molar-refractivity contribution in [3.05, 3.63) is 78.5 Å². The summed E-state index contributed by atoms with van der Waals surface area (Å²) in [6, 6.07) is 14.8. The van der Waals surface area contributed by atoms with Gasteiger partial charge in [-0.3, -0.25) is 15.1 Å². The predicted octanol–water partition coefficient (Wildman–Crippen LogP) is 5.42. The van der Waals surface area contributed by atoms with Crippen LogP contribution in [0.25, 0.3) is 55.8 Å². The van der Waals surface area contributed by atoms with Crippen molar-refractivity contribution in [3.63, 3.8) is 0 Å². The van der Waals surface area contributed by atoms with E-state index in [-0.39, 0.29) is 0 Å². The van der Waals surface area contributed by atoms with Crippen molar-refractivity contribution in [2.75, 3.05) is 33.8 Å². The highest BCUT2D eigenvalue weighted by Crippen LogP contribution is 2.33. The van der Waals surface area contributed by atoms with E-state index in [0.717, 1.165) is 52.7 Å². The molecule has 41 heavy (non-hydrogen) atoms. The van der Waals surface area contributed by atoms with E-state index in [1.165, 1.54) is 12.1 Å². The molecule has 0 unspecified atom stereocenters. The van der Waals surface area contributed by atoms with Crippen molar-refractivity contribution in [1.29, 1.82) is 0 Å². The highest BCUT2D eigenvalue weighted by molar-refractivity contribution is 5.97. The van der Waals surface area contributed by atoms with Gasteiger partial charge >= 0.3 is 0 Å². The van der Waals surface area contributed by atoms with E-state index in [0.29, 0.717) is 40.6 Å². The molecule has 6 aromatic rings. The summed E-state index contributed by atoms with van der Waals surface area (Å²) in [6.07, 6.45) is 5.43. The van der Waals surface area contributed by atoms with Crippen molar-refractivity contribution in [2.45, 2.75) is 13.5 Å². The molecule has 2 aromatic carbocycles. The Bertz CT molecular complexity index is 1830. The van der Waals surface area contributed by atoms with Gasteiger partial charge < -0.3 is 19.9 Å². The molecule has 208 valence electrons. The monoisotopic (exact) mass is 550 g/mol. The molecule has 0 aliphatic carbocycles. The van der Waals surface area contributed by atoms with Crippen molar-refractivity contribution in [1.82, 2.24) is 40.3 Å². The number of rotatable bonds is 10. The van der Waals surface area contributed by atoms with Gasteiger partial charge in [0.25, 0.3) is 0 Å². The van der Waals surface area contributed by atoms with Crippen LogP contribution in [-0.2, 0) is 6.54 Å². The van der Waals surface area contributed by atoms with E-state index in [1.807, 2.05) is 43.5 Å². The van der Waals surface area contributed by atoms with Crippen LogP contribution in [0, 0.1) is 5.82 Å². The highest BCUT2D eigenvalue weighted by atomic mass is 19.1. The normalized spacial score (nSPS) is 11.6. The van der Waals surface area contributed by atoms with E-state index < -0.39 is 5.82 Å². The van der Waals surface area contributed by atoms with Gasteiger partial charge in [0.2, 0.25) is 0 Å². The van der Waals surface area contributed by atoms with Crippen molar-refractivity contribution < 1.29 is 9.13 Å². The Hall–Kier alpha value is -4.67. The van der Waals surface area contributed by atoms with Gasteiger partial charge in [0, 0.05) is 54.3 Å². The van der Waals surface area contributed by atoms with Gasteiger partial charge in [-0.2, -0.15) is 5.10 Å². The van der Waals surface area contributed by atoms with Crippen LogP contribution in [0.3, 0.4) is 0 Å². The first-order valence-electron chi connectivity index (χ1n) is 13.5. The molecule has 0 saturated heterocycles. The van der Waals surface area contributed by atoms with Crippen LogP contribution < -0.4 is 10.1 Å². The second kappa shape index (κ2) is 11.4. The quantitative estimate of drug-likeness (QED) is 0.209. The molecule has 0 atom stereocenters. The number of hydrogen-bond acceptors (Lipinski definition) is 7. The lowest BCUT2D eigenvalue weighted by molar-refractivity contribution is 0.260. The maximum atomic E-state index is 14.6. The summed E-state index contributed by atoms with van der Waals surface area (Å²) in [5, 5.41) is 12.0. The van der Waals surface area contributed by atoms with Crippen molar-refractivity contribution in [2.24, 2.45) is 0 Å². The van der Waals surface area contributed by atoms with Gasteiger partial charge in [0.1, 0.15) is 29.4 Å². The number of ether oxygens (including phenoxy) is 1. The van der Waals surface area contributed by atoms with E-state index in [9.17, 15) is 4.39 Å². The standard InChI is InChI=1S/C31H31FN8O/c1-4-33-16-19-11-22(18-34-17-19)20-5-6-26-25(14-20)29(39-38-26)31-36-27-7-8-35-28(30(27)37-31)21-12-23(32)15-24(13-21)41-10-9-40(2)3/h5-8,11-15,17-18,33H,4,9-10,16H2,1-3H3,(H,36,37)(H,38,39). The van der Waals surface area contributed by atoms with Crippen LogP contribution >= 0.6 is 0 Å². The smallest absolute Gasteiger partial charge is 0.159 e. The molecule has 0 aliphatic heterocycles. The Morgan fingerprint density at radius 3 is 2.71 bits per heavy atom. The van der Waals surface area contributed by atoms with E-state index in [2.05, 4.69) is 55.6 Å². The summed E-state index contributed by atoms with van der Waals surface area (Å²) in [5.41, 5.74) is 7.32. The predicted molar refractivity (Wildman–Crippen MR) is 159 cm³/mol. The fourth-order valence-electron chi connectivity index (χ4n) is 4.77. The summed E-state index contributed by atoms with van der Waals surface area (Å²) in [6.45, 7) is 4.92. The van der Waals surface area contributed by atoms with Gasteiger partial charge in [0.15, 0.2) is 5.82 Å². The minimum absolute atomic E-state index is 0.397. The first-order valence-corrected chi connectivity index (χ1v) is 13.5. The summed E-state index contributed by atoms with van der Waals surface area (Å²) in [7, 11) is 3.93.